The molecule has 8 nitrogen and oxygen atoms in total. The number of ether oxygens (including phenoxy) is 1. The van der Waals surface area contributed by atoms with E-state index in [-0.39, 0.29) is 23.0 Å². The Morgan fingerprint density at radius 1 is 1.17 bits per heavy atom. The lowest BCUT2D eigenvalue weighted by Crippen LogP contribution is -2.36. The molecule has 0 fully saturated rings. The van der Waals surface area contributed by atoms with E-state index in [1.54, 1.807) is 6.92 Å². The molecule has 0 saturated heterocycles. The number of aromatic nitrogens is 2. The summed E-state index contributed by atoms with van der Waals surface area (Å²) in [5.41, 5.74) is 2.29. The van der Waals surface area contributed by atoms with Gasteiger partial charge in [-0.2, -0.15) is 9.29 Å². The quantitative estimate of drug-likeness (QED) is 0.592. The van der Waals surface area contributed by atoms with E-state index in [1.807, 2.05) is 24.3 Å². The highest BCUT2D eigenvalue weighted by Gasteiger charge is 2.28. The number of hydrogen-bond acceptors (Lipinski definition) is 7. The van der Waals surface area contributed by atoms with Crippen LogP contribution in [0.4, 0.5) is 0 Å². The van der Waals surface area contributed by atoms with Crippen molar-refractivity contribution in [1.82, 2.24) is 14.4 Å². The largest absolute Gasteiger partial charge is 0.452 e. The van der Waals surface area contributed by atoms with E-state index in [0.29, 0.717) is 25.3 Å². The van der Waals surface area contributed by atoms with E-state index < -0.39 is 16.0 Å². The highest BCUT2D eigenvalue weighted by atomic mass is 32.2. The second-order valence-corrected chi connectivity index (χ2v) is 8.63. The van der Waals surface area contributed by atoms with Crippen LogP contribution in [-0.4, -0.2) is 35.4 Å². The zero-order chi connectivity index (χ0) is 20.4. The summed E-state index contributed by atoms with van der Waals surface area (Å²) in [6.07, 6.45) is 0.654. The van der Waals surface area contributed by atoms with Crippen molar-refractivity contribution in [3.8, 4) is 0 Å². The van der Waals surface area contributed by atoms with Crippen molar-refractivity contribution >= 4 is 16.0 Å². The topological polar surface area (TPSA) is 103 Å². The molecule has 0 radical (unpaired) electrons. The molecule has 0 bridgehead atoms. The van der Waals surface area contributed by atoms with Gasteiger partial charge in [0, 0.05) is 13.1 Å². The Morgan fingerprint density at radius 2 is 1.97 bits per heavy atom. The standard InChI is InChI=1S/C20H19N3O5S/c1-14-21-19(28-22-14)13-27-20(24)16-7-4-8-18(11-16)29(25,26)23-10-9-15-5-2-3-6-17(15)12-23/h2-8,11H,9-10,12-13H2,1H3. The number of sulfonamides is 1. The monoisotopic (exact) mass is 413 g/mol. The van der Waals surface area contributed by atoms with Gasteiger partial charge in [-0.15, -0.1) is 0 Å². The number of nitrogens with zero attached hydrogens (tertiary/aromatic N) is 3. The fourth-order valence-corrected chi connectivity index (χ4v) is 4.68. The first-order chi connectivity index (χ1) is 13.9. The molecule has 0 amide bonds. The molecule has 4 rings (SSSR count). The summed E-state index contributed by atoms with van der Waals surface area (Å²) in [6, 6.07) is 13.6. The van der Waals surface area contributed by atoms with Gasteiger partial charge in [0.25, 0.3) is 5.89 Å². The minimum Gasteiger partial charge on any atom is -0.452 e. The summed E-state index contributed by atoms with van der Waals surface area (Å²) in [5.74, 6) is -0.0549. The number of carbonyl (C=O) groups excluding carboxylic acids is 1. The van der Waals surface area contributed by atoms with Gasteiger partial charge in [-0.3, -0.25) is 0 Å². The van der Waals surface area contributed by atoms with Crippen LogP contribution in [0, 0.1) is 6.92 Å². The highest BCUT2D eigenvalue weighted by Crippen LogP contribution is 2.25. The third-order valence-electron chi connectivity index (χ3n) is 4.70. The zero-order valence-corrected chi connectivity index (χ0v) is 16.6. The number of fused-ring (bicyclic) bond motifs is 1. The van der Waals surface area contributed by atoms with Crippen molar-refractivity contribution < 1.29 is 22.5 Å². The maximum Gasteiger partial charge on any atom is 0.338 e. The van der Waals surface area contributed by atoms with Crippen LogP contribution < -0.4 is 0 Å². The van der Waals surface area contributed by atoms with Crippen LogP contribution in [0.2, 0.25) is 0 Å². The fraction of sp³-hybridized carbons (Fsp3) is 0.250. The molecule has 1 aliphatic rings. The summed E-state index contributed by atoms with van der Waals surface area (Å²) >= 11 is 0. The van der Waals surface area contributed by atoms with Crippen molar-refractivity contribution in [2.24, 2.45) is 0 Å². The lowest BCUT2D eigenvalue weighted by Gasteiger charge is -2.28. The Bertz CT molecular complexity index is 1160. The molecule has 0 spiro atoms. The lowest BCUT2D eigenvalue weighted by atomic mass is 10.0. The van der Waals surface area contributed by atoms with Gasteiger partial charge in [0.1, 0.15) is 0 Å². The third kappa shape index (κ3) is 4.06. The molecule has 0 aliphatic carbocycles. The molecule has 3 aromatic rings. The lowest BCUT2D eigenvalue weighted by molar-refractivity contribution is 0.0429. The molecule has 0 N–H and O–H groups in total. The van der Waals surface area contributed by atoms with Gasteiger partial charge in [-0.25, -0.2) is 13.2 Å². The van der Waals surface area contributed by atoms with Crippen LogP contribution in [0.5, 0.6) is 0 Å². The van der Waals surface area contributed by atoms with Gasteiger partial charge < -0.3 is 9.26 Å². The van der Waals surface area contributed by atoms with E-state index in [1.165, 1.54) is 28.6 Å². The van der Waals surface area contributed by atoms with Crippen molar-refractivity contribution in [1.29, 1.82) is 0 Å². The number of rotatable bonds is 5. The molecule has 0 saturated carbocycles. The maximum absolute atomic E-state index is 13.1. The van der Waals surface area contributed by atoms with Crippen molar-refractivity contribution in [3.63, 3.8) is 0 Å². The minimum absolute atomic E-state index is 0.0555. The van der Waals surface area contributed by atoms with Gasteiger partial charge >= 0.3 is 5.97 Å². The fourth-order valence-electron chi connectivity index (χ4n) is 3.22. The first-order valence-corrected chi connectivity index (χ1v) is 10.5. The normalized spacial score (nSPS) is 14.4. The number of aryl methyl sites for hydroxylation is 1. The van der Waals surface area contributed by atoms with E-state index in [9.17, 15) is 13.2 Å². The van der Waals surface area contributed by atoms with Gasteiger partial charge in [-0.1, -0.05) is 35.5 Å². The molecule has 0 atom stereocenters. The summed E-state index contributed by atoms with van der Waals surface area (Å²) < 4.78 is 37.7. The second kappa shape index (κ2) is 7.76. The summed E-state index contributed by atoms with van der Waals surface area (Å²) in [7, 11) is -3.74. The van der Waals surface area contributed by atoms with Crippen molar-refractivity contribution in [2.75, 3.05) is 6.54 Å². The molecule has 9 heteroatoms. The smallest absolute Gasteiger partial charge is 0.338 e. The SMILES string of the molecule is Cc1noc(COC(=O)c2cccc(S(=O)(=O)N3CCc4ccccc4C3)c2)n1. The molecule has 29 heavy (non-hydrogen) atoms. The predicted octanol–water partition coefficient (Wildman–Crippen LogP) is 2.48. The molecular weight excluding hydrogens is 394 g/mol. The average molecular weight is 413 g/mol. The molecule has 2 heterocycles. The van der Waals surface area contributed by atoms with Crippen LogP contribution in [0.25, 0.3) is 0 Å². The Kier molecular flexibility index (Phi) is 5.16. The average Bonchev–Trinajstić information content (AvgIpc) is 3.17. The van der Waals surface area contributed by atoms with Crippen molar-refractivity contribution in [3.05, 3.63) is 76.9 Å². The molecular formula is C20H19N3O5S. The van der Waals surface area contributed by atoms with Gasteiger partial charge in [-0.05, 0) is 42.7 Å². The van der Waals surface area contributed by atoms with E-state index in [4.69, 9.17) is 9.26 Å². The minimum atomic E-state index is -3.74. The van der Waals surface area contributed by atoms with Gasteiger partial charge in [0.15, 0.2) is 12.4 Å². The first kappa shape index (κ1) is 19.3. The second-order valence-electron chi connectivity index (χ2n) is 6.70. The number of benzene rings is 2. The molecule has 150 valence electrons. The van der Waals surface area contributed by atoms with Gasteiger partial charge in [0.05, 0.1) is 10.5 Å². The molecule has 0 unspecified atom stereocenters. The maximum atomic E-state index is 13.1. The number of esters is 1. The molecule has 1 aromatic heterocycles. The van der Waals surface area contributed by atoms with Gasteiger partial charge in [0.2, 0.25) is 10.0 Å². The third-order valence-corrected chi connectivity index (χ3v) is 6.54. The van der Waals surface area contributed by atoms with Crippen LogP contribution in [-0.2, 0) is 34.3 Å². The Morgan fingerprint density at radius 3 is 2.72 bits per heavy atom. The van der Waals surface area contributed by atoms with Crippen molar-refractivity contribution in [2.45, 2.75) is 31.4 Å². The predicted molar refractivity (Wildman–Crippen MR) is 102 cm³/mol. The summed E-state index contributed by atoms with van der Waals surface area (Å²) in [4.78, 5) is 16.3. The molecule has 2 aromatic carbocycles. The highest BCUT2D eigenvalue weighted by molar-refractivity contribution is 7.89. The van der Waals surface area contributed by atoms with Crippen LogP contribution in [0.15, 0.2) is 57.9 Å². The Hall–Kier alpha value is -3.04. The zero-order valence-electron chi connectivity index (χ0n) is 15.7. The van der Waals surface area contributed by atoms with Crippen LogP contribution >= 0.6 is 0 Å². The van der Waals surface area contributed by atoms with E-state index >= 15 is 0 Å². The van der Waals surface area contributed by atoms with Crippen LogP contribution in [0.3, 0.4) is 0 Å². The molecule has 1 aliphatic heterocycles. The first-order valence-electron chi connectivity index (χ1n) is 9.07. The number of carbonyl (C=O) groups is 1. The van der Waals surface area contributed by atoms with E-state index in [2.05, 4.69) is 10.1 Å². The van der Waals surface area contributed by atoms with E-state index in [0.717, 1.165) is 11.1 Å². The summed E-state index contributed by atoms with van der Waals surface area (Å²) in [5, 5.41) is 3.62. The van der Waals surface area contributed by atoms with Crippen LogP contribution in [0.1, 0.15) is 33.2 Å². The summed E-state index contributed by atoms with van der Waals surface area (Å²) in [6.45, 7) is 2.18. The Labute approximate surface area is 168 Å². The number of hydrogen-bond donors (Lipinski definition) is 0. The Balaban J connectivity index is 1.51.